The van der Waals surface area contributed by atoms with E-state index in [0.29, 0.717) is 12.0 Å². The van der Waals surface area contributed by atoms with Crippen LogP contribution in [0.2, 0.25) is 0 Å². The Kier molecular flexibility index (Phi) is 2.23. The van der Waals surface area contributed by atoms with Crippen LogP contribution in [0.25, 0.3) is 0 Å². The van der Waals surface area contributed by atoms with Crippen molar-refractivity contribution >= 4 is 0 Å². The van der Waals surface area contributed by atoms with Gasteiger partial charge in [0.2, 0.25) is 0 Å². The highest BCUT2D eigenvalue weighted by Crippen LogP contribution is 2.25. The summed E-state index contributed by atoms with van der Waals surface area (Å²) in [5.74, 6) is 0.548. The van der Waals surface area contributed by atoms with Gasteiger partial charge >= 0.3 is 0 Å². The lowest BCUT2D eigenvalue weighted by Gasteiger charge is -2.18. The summed E-state index contributed by atoms with van der Waals surface area (Å²) in [5.41, 5.74) is 8.17. The van der Waals surface area contributed by atoms with Gasteiger partial charge in [-0.3, -0.25) is 0 Å². The van der Waals surface area contributed by atoms with Crippen LogP contribution in [0.4, 0.5) is 0 Å². The van der Waals surface area contributed by atoms with Gasteiger partial charge in [-0.05, 0) is 19.9 Å². The second kappa shape index (κ2) is 3.38. The van der Waals surface area contributed by atoms with Crippen molar-refractivity contribution in [2.75, 3.05) is 6.54 Å². The minimum atomic E-state index is 0.488. The van der Waals surface area contributed by atoms with Crippen molar-refractivity contribution in [3.05, 3.63) is 35.6 Å². The Balaban J connectivity index is 2.12. The molecule has 0 radical (unpaired) electrons. The smallest absolute Gasteiger partial charge is 0.0542 e. The Morgan fingerprint density at radius 3 is 3.08 bits per heavy atom. The zero-order chi connectivity index (χ0) is 9.26. The van der Waals surface area contributed by atoms with Gasteiger partial charge < -0.3 is 11.1 Å². The Morgan fingerprint density at radius 1 is 1.46 bits per heavy atom. The standard InChI is InChI=1S/C11H16N2/c1-8-6-10-7-9(4-5-12)2-3-11(10)13-8/h2-3,6-7,10-11,13H,4-5,12H2,1H3. The third-order valence-electron chi connectivity index (χ3n) is 2.61. The molecule has 0 aromatic heterocycles. The van der Waals surface area contributed by atoms with E-state index in [0.717, 1.165) is 13.0 Å². The maximum absolute atomic E-state index is 5.52. The Labute approximate surface area is 79.2 Å². The number of nitrogens with one attached hydrogen (secondary N) is 1. The summed E-state index contributed by atoms with van der Waals surface area (Å²) >= 11 is 0. The molecule has 2 heteroatoms. The average molecular weight is 176 g/mol. The minimum Gasteiger partial charge on any atom is -0.382 e. The summed E-state index contributed by atoms with van der Waals surface area (Å²) < 4.78 is 0. The molecule has 0 aromatic carbocycles. The molecule has 0 saturated heterocycles. The zero-order valence-corrected chi connectivity index (χ0v) is 7.96. The molecule has 0 aromatic rings. The number of nitrogens with two attached hydrogens (primary N) is 1. The first-order valence-electron chi connectivity index (χ1n) is 4.83. The number of fused-ring (bicyclic) bond motifs is 1. The van der Waals surface area contributed by atoms with Gasteiger partial charge in [-0.25, -0.2) is 0 Å². The fraction of sp³-hybridized carbons (Fsp3) is 0.455. The van der Waals surface area contributed by atoms with Crippen LogP contribution in [0.5, 0.6) is 0 Å². The normalized spacial score (nSPS) is 30.6. The van der Waals surface area contributed by atoms with E-state index in [2.05, 4.69) is 36.5 Å². The first-order chi connectivity index (χ1) is 6.29. The monoisotopic (exact) mass is 176 g/mol. The Hall–Kier alpha value is -1.02. The molecule has 1 aliphatic carbocycles. The number of allylic oxidation sites excluding steroid dienone is 2. The van der Waals surface area contributed by atoms with Crippen LogP contribution < -0.4 is 11.1 Å². The van der Waals surface area contributed by atoms with Gasteiger partial charge in [-0.1, -0.05) is 29.9 Å². The van der Waals surface area contributed by atoms with Crippen molar-refractivity contribution < 1.29 is 0 Å². The van der Waals surface area contributed by atoms with Crippen LogP contribution in [-0.4, -0.2) is 12.6 Å². The molecule has 0 bridgehead atoms. The molecule has 2 atom stereocenters. The fourth-order valence-electron chi connectivity index (χ4n) is 1.99. The largest absolute Gasteiger partial charge is 0.382 e. The molecular formula is C11H16N2. The van der Waals surface area contributed by atoms with E-state index in [1.54, 1.807) is 0 Å². The summed E-state index contributed by atoms with van der Waals surface area (Å²) in [6, 6.07) is 0.488. The molecular weight excluding hydrogens is 160 g/mol. The van der Waals surface area contributed by atoms with Crippen LogP contribution in [0.15, 0.2) is 35.6 Å². The molecule has 2 unspecified atom stereocenters. The molecule has 2 rings (SSSR count). The molecule has 13 heavy (non-hydrogen) atoms. The van der Waals surface area contributed by atoms with Gasteiger partial charge in [0.1, 0.15) is 0 Å². The molecule has 70 valence electrons. The highest BCUT2D eigenvalue weighted by atomic mass is 14.9. The summed E-state index contributed by atoms with van der Waals surface area (Å²) in [7, 11) is 0. The van der Waals surface area contributed by atoms with E-state index in [9.17, 15) is 0 Å². The number of hydrogen-bond donors (Lipinski definition) is 2. The van der Waals surface area contributed by atoms with E-state index in [4.69, 9.17) is 5.73 Å². The lowest BCUT2D eigenvalue weighted by Crippen LogP contribution is -2.26. The zero-order valence-electron chi connectivity index (χ0n) is 7.96. The molecule has 0 saturated carbocycles. The van der Waals surface area contributed by atoms with E-state index in [1.165, 1.54) is 11.3 Å². The molecule has 1 heterocycles. The predicted octanol–water partition coefficient (Wildman–Crippen LogP) is 1.32. The molecule has 0 spiro atoms. The van der Waals surface area contributed by atoms with Gasteiger partial charge in [-0.2, -0.15) is 0 Å². The summed E-state index contributed by atoms with van der Waals surface area (Å²) in [6.45, 7) is 2.85. The molecule has 2 aliphatic rings. The fourth-order valence-corrected chi connectivity index (χ4v) is 1.99. The van der Waals surface area contributed by atoms with Crippen LogP contribution in [0.1, 0.15) is 13.3 Å². The maximum atomic E-state index is 5.52. The van der Waals surface area contributed by atoms with Crippen LogP contribution in [-0.2, 0) is 0 Å². The quantitative estimate of drug-likeness (QED) is 0.666. The molecule has 2 nitrogen and oxygen atoms in total. The van der Waals surface area contributed by atoms with Gasteiger partial charge in [0.05, 0.1) is 6.04 Å². The first kappa shape index (κ1) is 8.57. The number of rotatable bonds is 2. The molecule has 3 N–H and O–H groups in total. The SMILES string of the molecule is CC1=CC2C=C(CCN)C=CC2N1. The minimum absolute atomic E-state index is 0.488. The first-order valence-corrected chi connectivity index (χ1v) is 4.83. The van der Waals surface area contributed by atoms with Crippen molar-refractivity contribution in [2.24, 2.45) is 11.7 Å². The second-order valence-corrected chi connectivity index (χ2v) is 3.74. The lowest BCUT2D eigenvalue weighted by atomic mass is 9.92. The molecule has 1 aliphatic heterocycles. The van der Waals surface area contributed by atoms with E-state index in [1.807, 2.05) is 0 Å². The van der Waals surface area contributed by atoms with Gasteiger partial charge in [0.25, 0.3) is 0 Å². The summed E-state index contributed by atoms with van der Waals surface area (Å²) in [4.78, 5) is 0. The van der Waals surface area contributed by atoms with Crippen molar-refractivity contribution in [1.82, 2.24) is 5.32 Å². The van der Waals surface area contributed by atoms with Crippen molar-refractivity contribution in [2.45, 2.75) is 19.4 Å². The van der Waals surface area contributed by atoms with Crippen LogP contribution >= 0.6 is 0 Å². The van der Waals surface area contributed by atoms with Crippen LogP contribution in [0, 0.1) is 5.92 Å². The van der Waals surface area contributed by atoms with Gasteiger partial charge in [0, 0.05) is 11.6 Å². The van der Waals surface area contributed by atoms with E-state index in [-0.39, 0.29) is 0 Å². The molecule has 0 fully saturated rings. The summed E-state index contributed by atoms with van der Waals surface area (Å²) in [6.07, 6.45) is 10.0. The van der Waals surface area contributed by atoms with Crippen molar-refractivity contribution in [3.63, 3.8) is 0 Å². The highest BCUT2D eigenvalue weighted by Gasteiger charge is 2.23. The third kappa shape index (κ3) is 1.68. The Bertz CT molecular complexity index is 286. The van der Waals surface area contributed by atoms with Crippen molar-refractivity contribution in [3.8, 4) is 0 Å². The maximum Gasteiger partial charge on any atom is 0.0542 e. The van der Waals surface area contributed by atoms with Gasteiger partial charge in [-0.15, -0.1) is 0 Å². The number of hydrogen-bond acceptors (Lipinski definition) is 2. The van der Waals surface area contributed by atoms with Gasteiger partial charge in [0.15, 0.2) is 0 Å². The second-order valence-electron chi connectivity index (χ2n) is 3.74. The third-order valence-corrected chi connectivity index (χ3v) is 2.61. The predicted molar refractivity (Wildman–Crippen MR) is 55.1 cm³/mol. The van der Waals surface area contributed by atoms with E-state index < -0.39 is 0 Å². The van der Waals surface area contributed by atoms with E-state index >= 15 is 0 Å². The van der Waals surface area contributed by atoms with Crippen LogP contribution in [0.3, 0.4) is 0 Å². The Morgan fingerprint density at radius 2 is 2.31 bits per heavy atom. The average Bonchev–Trinajstić information content (AvgIpc) is 2.44. The van der Waals surface area contributed by atoms with Crippen molar-refractivity contribution in [1.29, 1.82) is 0 Å². The topological polar surface area (TPSA) is 38.0 Å². The molecule has 0 amide bonds. The highest BCUT2D eigenvalue weighted by molar-refractivity contribution is 5.34. The summed E-state index contributed by atoms with van der Waals surface area (Å²) in [5, 5.41) is 3.42. The lowest BCUT2D eigenvalue weighted by molar-refractivity contribution is 0.631.